The molecule has 100 valence electrons. The standard InChI is InChI=1S/C14H9BrCl2F2/c15-8-4-5-9(11(16)6-8)12(17)7-10-13(18)2-1-3-14(10)19/h1-6,12H,7H2. The van der Waals surface area contributed by atoms with Crippen molar-refractivity contribution in [3.8, 4) is 0 Å². The Balaban J connectivity index is 2.28. The average molecular weight is 366 g/mol. The largest absolute Gasteiger partial charge is 0.207 e. The number of rotatable bonds is 3. The molecule has 0 saturated heterocycles. The minimum Gasteiger partial charge on any atom is -0.207 e. The summed E-state index contributed by atoms with van der Waals surface area (Å²) in [6, 6.07) is 8.97. The van der Waals surface area contributed by atoms with Crippen LogP contribution in [-0.2, 0) is 6.42 Å². The molecule has 0 aromatic heterocycles. The minimum atomic E-state index is -0.598. The van der Waals surface area contributed by atoms with Gasteiger partial charge in [-0.2, -0.15) is 0 Å². The topological polar surface area (TPSA) is 0 Å². The number of benzene rings is 2. The Morgan fingerprint density at radius 2 is 1.74 bits per heavy atom. The highest BCUT2D eigenvalue weighted by Gasteiger charge is 2.17. The molecule has 0 aliphatic heterocycles. The summed E-state index contributed by atoms with van der Waals surface area (Å²) in [4.78, 5) is 0. The van der Waals surface area contributed by atoms with E-state index in [4.69, 9.17) is 23.2 Å². The monoisotopic (exact) mass is 364 g/mol. The van der Waals surface area contributed by atoms with Crippen LogP contribution in [0.15, 0.2) is 40.9 Å². The molecule has 0 aliphatic carbocycles. The Labute approximate surface area is 128 Å². The molecular weight excluding hydrogens is 357 g/mol. The van der Waals surface area contributed by atoms with Crippen molar-refractivity contribution in [1.29, 1.82) is 0 Å². The van der Waals surface area contributed by atoms with Gasteiger partial charge in [0.25, 0.3) is 0 Å². The second-order valence-corrected chi connectivity index (χ2v) is 5.89. The number of hydrogen-bond donors (Lipinski definition) is 0. The molecule has 0 amide bonds. The highest BCUT2D eigenvalue weighted by Crippen LogP contribution is 2.33. The molecular formula is C14H9BrCl2F2. The van der Waals surface area contributed by atoms with Gasteiger partial charge in [-0.25, -0.2) is 8.78 Å². The summed E-state index contributed by atoms with van der Waals surface area (Å²) in [5.74, 6) is -1.20. The van der Waals surface area contributed by atoms with Gasteiger partial charge in [0.15, 0.2) is 0 Å². The predicted molar refractivity (Wildman–Crippen MR) is 77.8 cm³/mol. The Hall–Kier alpha value is -0.640. The molecule has 0 radical (unpaired) electrons. The van der Waals surface area contributed by atoms with Crippen LogP contribution >= 0.6 is 39.1 Å². The summed E-state index contributed by atoms with van der Waals surface area (Å²) in [7, 11) is 0. The van der Waals surface area contributed by atoms with Crippen molar-refractivity contribution in [2.45, 2.75) is 11.8 Å². The van der Waals surface area contributed by atoms with E-state index in [9.17, 15) is 8.78 Å². The van der Waals surface area contributed by atoms with Crippen molar-refractivity contribution in [2.75, 3.05) is 0 Å². The van der Waals surface area contributed by atoms with Crippen molar-refractivity contribution in [3.05, 3.63) is 68.7 Å². The van der Waals surface area contributed by atoms with Crippen LogP contribution in [0.1, 0.15) is 16.5 Å². The van der Waals surface area contributed by atoms with E-state index in [2.05, 4.69) is 15.9 Å². The van der Waals surface area contributed by atoms with Crippen molar-refractivity contribution in [2.24, 2.45) is 0 Å². The van der Waals surface area contributed by atoms with Gasteiger partial charge in [-0.05, 0) is 36.2 Å². The van der Waals surface area contributed by atoms with Crippen molar-refractivity contribution >= 4 is 39.1 Å². The third-order valence-electron chi connectivity index (χ3n) is 2.74. The van der Waals surface area contributed by atoms with Gasteiger partial charge in [0.05, 0.1) is 5.38 Å². The molecule has 2 aromatic carbocycles. The van der Waals surface area contributed by atoms with E-state index in [1.807, 2.05) is 0 Å². The van der Waals surface area contributed by atoms with Crippen LogP contribution in [0, 0.1) is 11.6 Å². The molecule has 5 heteroatoms. The van der Waals surface area contributed by atoms with Gasteiger partial charge in [0.1, 0.15) is 11.6 Å². The molecule has 0 heterocycles. The predicted octanol–water partition coefficient (Wildman–Crippen LogP) is 5.90. The smallest absolute Gasteiger partial charge is 0.129 e. The number of hydrogen-bond acceptors (Lipinski definition) is 0. The van der Waals surface area contributed by atoms with E-state index in [1.165, 1.54) is 18.2 Å². The second kappa shape index (κ2) is 6.21. The number of halogens is 5. The third kappa shape index (κ3) is 3.47. The van der Waals surface area contributed by atoms with Gasteiger partial charge in [0.2, 0.25) is 0 Å². The first-order valence-electron chi connectivity index (χ1n) is 5.51. The van der Waals surface area contributed by atoms with Crippen LogP contribution in [0.25, 0.3) is 0 Å². The molecule has 0 bridgehead atoms. The SMILES string of the molecule is Fc1cccc(F)c1CC(Cl)c1ccc(Br)cc1Cl. The third-order valence-corrected chi connectivity index (χ3v) is 3.95. The zero-order chi connectivity index (χ0) is 14.0. The maximum Gasteiger partial charge on any atom is 0.129 e. The van der Waals surface area contributed by atoms with Crippen molar-refractivity contribution in [3.63, 3.8) is 0 Å². The molecule has 19 heavy (non-hydrogen) atoms. The summed E-state index contributed by atoms with van der Waals surface area (Å²) in [5.41, 5.74) is 0.621. The molecule has 0 fully saturated rings. The summed E-state index contributed by atoms with van der Waals surface area (Å²) < 4.78 is 27.9. The van der Waals surface area contributed by atoms with Crippen LogP contribution in [-0.4, -0.2) is 0 Å². The van der Waals surface area contributed by atoms with Crippen molar-refractivity contribution < 1.29 is 8.78 Å². The minimum absolute atomic E-state index is 0.0264. The molecule has 0 N–H and O–H groups in total. The Morgan fingerprint density at radius 3 is 2.32 bits per heavy atom. The van der Waals surface area contributed by atoms with E-state index < -0.39 is 17.0 Å². The first-order chi connectivity index (χ1) is 8.99. The van der Waals surface area contributed by atoms with E-state index in [0.717, 1.165) is 4.47 Å². The zero-order valence-electron chi connectivity index (χ0n) is 9.64. The van der Waals surface area contributed by atoms with Crippen LogP contribution in [0.5, 0.6) is 0 Å². The average Bonchev–Trinajstić information content (AvgIpc) is 2.33. The van der Waals surface area contributed by atoms with Crippen LogP contribution in [0.2, 0.25) is 5.02 Å². The first kappa shape index (κ1) is 14.8. The van der Waals surface area contributed by atoms with Gasteiger partial charge in [-0.15, -0.1) is 11.6 Å². The maximum atomic E-state index is 13.6. The highest BCUT2D eigenvalue weighted by atomic mass is 79.9. The molecule has 2 aromatic rings. The zero-order valence-corrected chi connectivity index (χ0v) is 12.7. The fraction of sp³-hybridized carbons (Fsp3) is 0.143. The van der Waals surface area contributed by atoms with Gasteiger partial charge < -0.3 is 0 Å². The molecule has 0 aliphatic rings. The van der Waals surface area contributed by atoms with Gasteiger partial charge in [-0.1, -0.05) is 39.7 Å². The Kier molecular flexibility index (Phi) is 4.82. The van der Waals surface area contributed by atoms with Crippen LogP contribution in [0.4, 0.5) is 8.78 Å². The first-order valence-corrected chi connectivity index (χ1v) is 7.11. The fourth-order valence-electron chi connectivity index (χ4n) is 1.77. The second-order valence-electron chi connectivity index (χ2n) is 4.04. The van der Waals surface area contributed by atoms with E-state index >= 15 is 0 Å². The fourth-order valence-corrected chi connectivity index (χ4v) is 2.98. The molecule has 0 nitrogen and oxygen atoms in total. The molecule has 2 rings (SSSR count). The lowest BCUT2D eigenvalue weighted by Crippen LogP contribution is -2.02. The van der Waals surface area contributed by atoms with Crippen molar-refractivity contribution in [1.82, 2.24) is 0 Å². The van der Waals surface area contributed by atoms with Crippen LogP contribution < -0.4 is 0 Å². The van der Waals surface area contributed by atoms with E-state index in [-0.39, 0.29) is 12.0 Å². The quantitative estimate of drug-likeness (QED) is 0.593. The normalized spacial score (nSPS) is 12.5. The summed E-state index contributed by atoms with van der Waals surface area (Å²) in [5, 5.41) is -0.127. The van der Waals surface area contributed by atoms with Crippen LogP contribution in [0.3, 0.4) is 0 Å². The van der Waals surface area contributed by atoms with Gasteiger partial charge >= 0.3 is 0 Å². The molecule has 1 atom stereocenters. The number of alkyl halides is 1. The maximum absolute atomic E-state index is 13.6. The van der Waals surface area contributed by atoms with E-state index in [1.54, 1.807) is 18.2 Å². The lowest BCUT2D eigenvalue weighted by molar-refractivity contribution is 0.553. The summed E-state index contributed by atoms with van der Waals surface area (Å²) in [6.45, 7) is 0. The Bertz CT molecular complexity index is 582. The molecule has 0 saturated carbocycles. The highest BCUT2D eigenvalue weighted by molar-refractivity contribution is 9.10. The molecule has 0 spiro atoms. The van der Waals surface area contributed by atoms with Gasteiger partial charge in [0, 0.05) is 15.1 Å². The lowest BCUT2D eigenvalue weighted by atomic mass is 10.0. The Morgan fingerprint density at radius 1 is 1.11 bits per heavy atom. The lowest BCUT2D eigenvalue weighted by Gasteiger charge is -2.13. The summed E-state index contributed by atoms with van der Waals surface area (Å²) in [6.07, 6.45) is 0.0431. The van der Waals surface area contributed by atoms with E-state index in [0.29, 0.717) is 10.6 Å². The van der Waals surface area contributed by atoms with Gasteiger partial charge in [-0.3, -0.25) is 0 Å². The summed E-state index contributed by atoms with van der Waals surface area (Å²) >= 11 is 15.6. The molecule has 1 unspecified atom stereocenters.